The second-order valence-electron chi connectivity index (χ2n) is 4.26. The van der Waals surface area contributed by atoms with Gasteiger partial charge in [-0.3, -0.25) is 9.59 Å². The van der Waals surface area contributed by atoms with Crippen molar-refractivity contribution in [2.45, 2.75) is 32.6 Å². The van der Waals surface area contributed by atoms with Gasteiger partial charge in [-0.2, -0.15) is 11.8 Å². The molecular formula is C11H18O3S. The Hall–Kier alpha value is -0.510. The molecule has 0 spiro atoms. The van der Waals surface area contributed by atoms with Crippen LogP contribution in [-0.2, 0) is 14.3 Å². The first-order chi connectivity index (χ1) is 7.08. The van der Waals surface area contributed by atoms with Crippen molar-refractivity contribution in [1.82, 2.24) is 0 Å². The number of ketones is 1. The van der Waals surface area contributed by atoms with Crippen molar-refractivity contribution in [3.63, 3.8) is 0 Å². The van der Waals surface area contributed by atoms with Crippen LogP contribution in [0.3, 0.4) is 0 Å². The number of ether oxygens (including phenoxy) is 1. The smallest absolute Gasteiger partial charge is 0.306 e. The third kappa shape index (κ3) is 4.69. The van der Waals surface area contributed by atoms with E-state index in [1.807, 2.05) is 0 Å². The van der Waals surface area contributed by atoms with Gasteiger partial charge >= 0.3 is 5.97 Å². The van der Waals surface area contributed by atoms with Gasteiger partial charge in [0.05, 0.1) is 13.5 Å². The summed E-state index contributed by atoms with van der Waals surface area (Å²) in [5.41, 5.74) is 0.189. The van der Waals surface area contributed by atoms with Crippen molar-refractivity contribution in [2.75, 3.05) is 18.6 Å². The predicted molar refractivity (Wildman–Crippen MR) is 60.9 cm³/mol. The summed E-state index contributed by atoms with van der Waals surface area (Å²) in [6.45, 7) is 1.61. The van der Waals surface area contributed by atoms with Crippen molar-refractivity contribution < 1.29 is 14.3 Å². The quantitative estimate of drug-likeness (QED) is 0.496. The number of methoxy groups -OCH3 is 1. The van der Waals surface area contributed by atoms with Gasteiger partial charge in [-0.15, -0.1) is 0 Å². The van der Waals surface area contributed by atoms with Crippen LogP contribution in [0.1, 0.15) is 32.6 Å². The second-order valence-corrected chi connectivity index (χ2v) is 5.36. The minimum Gasteiger partial charge on any atom is -0.469 e. The molecule has 3 nitrogen and oxygen atoms in total. The fraction of sp³-hybridized carbons (Fsp3) is 0.818. The third-order valence-corrected chi connectivity index (χ3v) is 4.02. The van der Waals surface area contributed by atoms with Crippen LogP contribution in [0.5, 0.6) is 0 Å². The Labute approximate surface area is 94.9 Å². The van der Waals surface area contributed by atoms with E-state index in [1.54, 1.807) is 18.7 Å². The first kappa shape index (κ1) is 12.6. The van der Waals surface area contributed by atoms with Crippen LogP contribution < -0.4 is 0 Å². The van der Waals surface area contributed by atoms with Crippen LogP contribution in [0.25, 0.3) is 0 Å². The van der Waals surface area contributed by atoms with Gasteiger partial charge in [-0.05, 0) is 30.9 Å². The van der Waals surface area contributed by atoms with E-state index in [0.717, 1.165) is 24.3 Å². The van der Waals surface area contributed by atoms with Crippen molar-refractivity contribution in [3.05, 3.63) is 0 Å². The molecule has 0 amide bonds. The Morgan fingerprint density at radius 3 is 2.53 bits per heavy atom. The summed E-state index contributed by atoms with van der Waals surface area (Å²) in [6.07, 6.45) is 3.42. The lowest BCUT2D eigenvalue weighted by Gasteiger charge is -2.12. The lowest BCUT2D eigenvalue weighted by molar-refractivity contribution is -0.141. The number of esters is 1. The van der Waals surface area contributed by atoms with Crippen molar-refractivity contribution >= 4 is 23.5 Å². The van der Waals surface area contributed by atoms with Crippen LogP contribution in [0.2, 0.25) is 0 Å². The molecular weight excluding hydrogens is 212 g/mol. The number of Topliss-reactive ketones (excluding diaryl/α,β-unsaturated/α-hetero) is 1. The highest BCUT2D eigenvalue weighted by Crippen LogP contribution is 2.51. The molecule has 1 rings (SSSR count). The maximum absolute atomic E-state index is 11.1. The maximum atomic E-state index is 11.1. The number of carbonyl (C=O) groups is 2. The number of thioether (sulfide) groups is 1. The van der Waals surface area contributed by atoms with Gasteiger partial charge in [0.25, 0.3) is 0 Å². The van der Waals surface area contributed by atoms with Gasteiger partial charge in [-0.25, -0.2) is 0 Å². The standard InChI is InChI=1S/C11H18O3S/c1-9(12)3-6-15-8-11(4-5-11)7-10(13)14-2/h3-8H2,1-2H3. The summed E-state index contributed by atoms with van der Waals surface area (Å²) in [7, 11) is 1.43. The lowest BCUT2D eigenvalue weighted by Crippen LogP contribution is -2.13. The topological polar surface area (TPSA) is 43.4 Å². The van der Waals surface area contributed by atoms with Gasteiger partial charge in [0, 0.05) is 12.2 Å². The molecule has 0 aromatic rings. The molecule has 0 unspecified atom stereocenters. The molecule has 1 saturated carbocycles. The van der Waals surface area contributed by atoms with Gasteiger partial charge in [0.1, 0.15) is 5.78 Å². The van der Waals surface area contributed by atoms with E-state index in [0.29, 0.717) is 12.8 Å². The van der Waals surface area contributed by atoms with Crippen LogP contribution in [0.15, 0.2) is 0 Å². The second kappa shape index (κ2) is 5.54. The number of hydrogen-bond acceptors (Lipinski definition) is 4. The average molecular weight is 230 g/mol. The van der Waals surface area contributed by atoms with Gasteiger partial charge < -0.3 is 4.74 Å². The molecule has 0 N–H and O–H groups in total. The summed E-state index contributed by atoms with van der Waals surface area (Å²) in [6, 6.07) is 0. The molecule has 0 saturated heterocycles. The number of rotatable bonds is 7. The molecule has 1 aliphatic rings. The summed E-state index contributed by atoms with van der Waals surface area (Å²) in [5.74, 6) is 1.98. The highest BCUT2D eigenvalue weighted by Gasteiger charge is 2.44. The molecule has 86 valence electrons. The molecule has 1 aliphatic carbocycles. The molecule has 15 heavy (non-hydrogen) atoms. The van der Waals surface area contributed by atoms with Gasteiger partial charge in [0.15, 0.2) is 0 Å². The van der Waals surface area contributed by atoms with Crippen LogP contribution in [-0.4, -0.2) is 30.4 Å². The SMILES string of the molecule is COC(=O)CC1(CSCCC(C)=O)CC1. The number of carbonyl (C=O) groups excluding carboxylic acids is 2. The Kier molecular flexibility index (Phi) is 4.64. The molecule has 0 bridgehead atoms. The van der Waals surface area contributed by atoms with E-state index in [9.17, 15) is 9.59 Å². The predicted octanol–water partition coefficient (Wildman–Crippen LogP) is 2.04. The lowest BCUT2D eigenvalue weighted by atomic mass is 10.1. The van der Waals surface area contributed by atoms with Crippen LogP contribution >= 0.6 is 11.8 Å². The molecule has 0 radical (unpaired) electrons. The molecule has 0 aliphatic heterocycles. The van der Waals surface area contributed by atoms with E-state index >= 15 is 0 Å². The molecule has 0 heterocycles. The van der Waals surface area contributed by atoms with Crippen LogP contribution in [0.4, 0.5) is 0 Å². The molecule has 4 heteroatoms. The summed E-state index contributed by atoms with van der Waals surface area (Å²) >= 11 is 1.77. The molecule has 0 aromatic carbocycles. The highest BCUT2D eigenvalue weighted by molar-refractivity contribution is 7.99. The maximum Gasteiger partial charge on any atom is 0.306 e. The Balaban J connectivity index is 2.14. The Morgan fingerprint density at radius 2 is 2.07 bits per heavy atom. The summed E-state index contributed by atoms with van der Waals surface area (Å²) < 4.78 is 4.67. The number of hydrogen-bond donors (Lipinski definition) is 0. The van der Waals surface area contributed by atoms with Gasteiger partial charge in [-0.1, -0.05) is 0 Å². The van der Waals surface area contributed by atoms with Crippen molar-refractivity contribution in [1.29, 1.82) is 0 Å². The molecule has 0 atom stereocenters. The summed E-state index contributed by atoms with van der Waals surface area (Å²) in [4.78, 5) is 21.8. The first-order valence-electron chi connectivity index (χ1n) is 5.22. The van der Waals surface area contributed by atoms with E-state index in [2.05, 4.69) is 4.74 Å². The summed E-state index contributed by atoms with van der Waals surface area (Å²) in [5, 5.41) is 0. The zero-order chi connectivity index (χ0) is 11.3. The Morgan fingerprint density at radius 1 is 1.40 bits per heavy atom. The average Bonchev–Trinajstić information content (AvgIpc) is 2.93. The first-order valence-corrected chi connectivity index (χ1v) is 6.37. The van der Waals surface area contributed by atoms with Crippen molar-refractivity contribution in [3.8, 4) is 0 Å². The zero-order valence-electron chi connectivity index (χ0n) is 9.38. The molecule has 0 aromatic heterocycles. The van der Waals surface area contributed by atoms with Crippen LogP contribution in [0, 0.1) is 5.41 Å². The normalized spacial score (nSPS) is 17.2. The molecule has 1 fully saturated rings. The minimum absolute atomic E-state index is 0.111. The van der Waals surface area contributed by atoms with Gasteiger partial charge in [0.2, 0.25) is 0 Å². The fourth-order valence-corrected chi connectivity index (χ4v) is 2.83. The monoisotopic (exact) mass is 230 g/mol. The largest absolute Gasteiger partial charge is 0.469 e. The van der Waals surface area contributed by atoms with E-state index in [-0.39, 0.29) is 17.2 Å². The Bertz CT molecular complexity index is 246. The van der Waals surface area contributed by atoms with E-state index < -0.39 is 0 Å². The van der Waals surface area contributed by atoms with E-state index in [4.69, 9.17) is 0 Å². The minimum atomic E-state index is -0.111. The highest BCUT2D eigenvalue weighted by atomic mass is 32.2. The van der Waals surface area contributed by atoms with E-state index in [1.165, 1.54) is 7.11 Å². The van der Waals surface area contributed by atoms with Crippen molar-refractivity contribution in [2.24, 2.45) is 5.41 Å². The fourth-order valence-electron chi connectivity index (χ4n) is 1.43. The third-order valence-electron chi connectivity index (χ3n) is 2.71. The zero-order valence-corrected chi connectivity index (χ0v) is 10.2.